The predicted octanol–water partition coefficient (Wildman–Crippen LogP) is 3.36. The normalized spacial score (nSPS) is 10.5. The van der Waals surface area contributed by atoms with Gasteiger partial charge in [-0.05, 0) is 36.1 Å². The van der Waals surface area contributed by atoms with Crippen LogP contribution in [-0.4, -0.2) is 16.6 Å². The number of aryl methyl sites for hydroxylation is 3. The number of hydrogen-bond acceptors (Lipinski definition) is 4. The van der Waals surface area contributed by atoms with Gasteiger partial charge in [0.05, 0.1) is 5.69 Å². The van der Waals surface area contributed by atoms with Gasteiger partial charge in [0, 0.05) is 12.3 Å². The van der Waals surface area contributed by atoms with Gasteiger partial charge in [-0.15, -0.1) is 11.3 Å². The zero-order valence-electron chi connectivity index (χ0n) is 11.4. The Bertz CT molecular complexity index is 564. The lowest BCUT2D eigenvalue weighted by Gasteiger charge is -2.02. The Labute approximate surface area is 128 Å². The molecule has 3 nitrogen and oxygen atoms in total. The van der Waals surface area contributed by atoms with Crippen molar-refractivity contribution in [3.63, 3.8) is 0 Å². The first-order valence-corrected chi connectivity index (χ1v) is 8.09. The Morgan fingerprint density at radius 3 is 2.45 bits per heavy atom. The lowest BCUT2D eigenvalue weighted by atomic mass is 10.1. The summed E-state index contributed by atoms with van der Waals surface area (Å²) in [6.07, 6.45) is 2.86. The highest BCUT2D eigenvalue weighted by Crippen LogP contribution is 2.17. The molecule has 20 heavy (non-hydrogen) atoms. The van der Waals surface area contributed by atoms with Crippen molar-refractivity contribution in [1.29, 1.82) is 0 Å². The van der Waals surface area contributed by atoms with Gasteiger partial charge in [-0.2, -0.15) is 12.6 Å². The molecule has 0 aliphatic carbocycles. The van der Waals surface area contributed by atoms with E-state index < -0.39 is 0 Å². The Morgan fingerprint density at radius 2 is 1.85 bits per heavy atom. The van der Waals surface area contributed by atoms with Gasteiger partial charge in [0.25, 0.3) is 0 Å². The van der Waals surface area contributed by atoms with Gasteiger partial charge in [-0.25, -0.2) is 4.98 Å². The molecule has 0 saturated carbocycles. The van der Waals surface area contributed by atoms with E-state index in [2.05, 4.69) is 47.2 Å². The number of anilines is 1. The maximum Gasteiger partial charge on any atom is 0.223 e. The summed E-state index contributed by atoms with van der Waals surface area (Å²) in [6.45, 7) is 1.49. The molecule has 0 spiro atoms. The molecule has 0 unspecified atom stereocenters. The summed E-state index contributed by atoms with van der Waals surface area (Å²) >= 11 is 5.71. The van der Waals surface area contributed by atoms with Gasteiger partial charge >= 0.3 is 0 Å². The van der Waals surface area contributed by atoms with E-state index in [1.165, 1.54) is 29.4 Å². The second-order valence-electron chi connectivity index (χ2n) is 4.62. The van der Waals surface area contributed by atoms with Gasteiger partial charge in [-0.3, -0.25) is 4.79 Å². The molecule has 106 valence electrons. The van der Waals surface area contributed by atoms with Gasteiger partial charge < -0.3 is 5.32 Å². The van der Waals surface area contributed by atoms with Crippen LogP contribution >= 0.6 is 24.0 Å². The van der Waals surface area contributed by atoms with Crippen molar-refractivity contribution in [2.24, 2.45) is 0 Å². The second kappa shape index (κ2) is 7.45. The van der Waals surface area contributed by atoms with Crippen molar-refractivity contribution in [1.82, 2.24) is 4.98 Å². The molecule has 1 N–H and O–H groups in total. The molecule has 0 radical (unpaired) electrons. The standard InChI is InChI=1S/C15H18N2OS2/c1-11(18)16-15-17-14(10-20-15)7-6-12-2-4-13(5-3-12)8-9-19/h2-5,10,19H,6-9H2,1H3,(H,16,17,18). The van der Waals surface area contributed by atoms with E-state index in [4.69, 9.17) is 0 Å². The quantitative estimate of drug-likeness (QED) is 0.804. The Kier molecular flexibility index (Phi) is 5.61. The molecule has 2 rings (SSSR count). The molecular weight excluding hydrogens is 288 g/mol. The molecular formula is C15H18N2OS2. The Morgan fingerprint density at radius 1 is 1.20 bits per heavy atom. The van der Waals surface area contributed by atoms with Crippen LogP contribution in [0.4, 0.5) is 5.13 Å². The number of hydrogen-bond donors (Lipinski definition) is 2. The number of rotatable bonds is 6. The first-order chi connectivity index (χ1) is 9.67. The van der Waals surface area contributed by atoms with E-state index in [-0.39, 0.29) is 5.91 Å². The maximum atomic E-state index is 10.9. The van der Waals surface area contributed by atoms with Gasteiger partial charge in [0.1, 0.15) is 0 Å². The Balaban J connectivity index is 1.88. The fourth-order valence-electron chi connectivity index (χ4n) is 1.90. The molecule has 0 atom stereocenters. The number of thiazole rings is 1. The van der Waals surface area contributed by atoms with E-state index in [1.54, 1.807) is 0 Å². The van der Waals surface area contributed by atoms with Crippen LogP contribution in [0, 0.1) is 0 Å². The predicted molar refractivity (Wildman–Crippen MR) is 87.8 cm³/mol. The van der Waals surface area contributed by atoms with Crippen LogP contribution in [0.1, 0.15) is 23.7 Å². The van der Waals surface area contributed by atoms with Crippen molar-refractivity contribution >= 4 is 35.0 Å². The molecule has 0 saturated heterocycles. The molecule has 5 heteroatoms. The van der Waals surface area contributed by atoms with E-state index in [9.17, 15) is 4.79 Å². The number of aromatic nitrogens is 1. The highest BCUT2D eigenvalue weighted by molar-refractivity contribution is 7.80. The van der Waals surface area contributed by atoms with Crippen LogP contribution in [0.15, 0.2) is 29.6 Å². The SMILES string of the molecule is CC(=O)Nc1nc(CCc2ccc(CCS)cc2)cs1. The van der Waals surface area contributed by atoms with E-state index in [1.807, 2.05) is 5.38 Å². The fourth-order valence-corrected chi connectivity index (χ4v) is 2.95. The molecule has 0 bridgehead atoms. The van der Waals surface area contributed by atoms with Crippen LogP contribution in [0.25, 0.3) is 0 Å². The summed E-state index contributed by atoms with van der Waals surface area (Å²) in [5.74, 6) is 0.801. The van der Waals surface area contributed by atoms with Crippen LogP contribution in [-0.2, 0) is 24.1 Å². The number of carbonyl (C=O) groups is 1. The van der Waals surface area contributed by atoms with Crippen LogP contribution < -0.4 is 5.32 Å². The average molecular weight is 306 g/mol. The lowest BCUT2D eigenvalue weighted by Crippen LogP contribution is -2.05. The van der Waals surface area contributed by atoms with Crippen LogP contribution in [0.3, 0.4) is 0 Å². The maximum absolute atomic E-state index is 10.9. The zero-order valence-corrected chi connectivity index (χ0v) is 13.1. The largest absolute Gasteiger partial charge is 0.302 e. The molecule has 1 aromatic carbocycles. The van der Waals surface area contributed by atoms with Gasteiger partial charge in [0.2, 0.25) is 5.91 Å². The highest BCUT2D eigenvalue weighted by Gasteiger charge is 2.04. The summed E-state index contributed by atoms with van der Waals surface area (Å²) in [6, 6.07) is 8.66. The number of benzene rings is 1. The van der Waals surface area contributed by atoms with Crippen LogP contribution in [0.5, 0.6) is 0 Å². The van der Waals surface area contributed by atoms with Gasteiger partial charge in [-0.1, -0.05) is 24.3 Å². The summed E-state index contributed by atoms with van der Waals surface area (Å²) < 4.78 is 0. The minimum atomic E-state index is -0.0781. The zero-order chi connectivity index (χ0) is 14.4. The lowest BCUT2D eigenvalue weighted by molar-refractivity contribution is -0.114. The number of amides is 1. The number of thiol groups is 1. The van der Waals surface area contributed by atoms with Crippen molar-refractivity contribution in [2.45, 2.75) is 26.2 Å². The summed E-state index contributed by atoms with van der Waals surface area (Å²) in [5, 5.41) is 5.38. The monoisotopic (exact) mass is 306 g/mol. The topological polar surface area (TPSA) is 42.0 Å². The fraction of sp³-hybridized carbons (Fsp3) is 0.333. The molecule has 1 aromatic heterocycles. The number of nitrogens with one attached hydrogen (secondary N) is 1. The molecule has 1 heterocycles. The van der Waals surface area contributed by atoms with Crippen molar-refractivity contribution in [2.75, 3.05) is 11.1 Å². The molecule has 1 amide bonds. The average Bonchev–Trinajstić information content (AvgIpc) is 2.85. The minimum Gasteiger partial charge on any atom is -0.302 e. The number of carbonyl (C=O) groups excluding carboxylic acids is 1. The van der Waals surface area contributed by atoms with Gasteiger partial charge in [0.15, 0.2) is 5.13 Å². The second-order valence-corrected chi connectivity index (χ2v) is 5.92. The van der Waals surface area contributed by atoms with Crippen molar-refractivity contribution < 1.29 is 4.79 Å². The summed E-state index contributed by atoms with van der Waals surface area (Å²) in [7, 11) is 0. The third kappa shape index (κ3) is 4.65. The minimum absolute atomic E-state index is 0.0781. The Hall–Kier alpha value is -1.33. The summed E-state index contributed by atoms with van der Waals surface area (Å²) in [5.41, 5.74) is 3.66. The molecule has 0 fully saturated rings. The first kappa shape index (κ1) is 15.1. The summed E-state index contributed by atoms with van der Waals surface area (Å²) in [4.78, 5) is 15.3. The molecule has 0 aliphatic rings. The van der Waals surface area contributed by atoms with Crippen molar-refractivity contribution in [3.05, 3.63) is 46.5 Å². The van der Waals surface area contributed by atoms with Crippen molar-refractivity contribution in [3.8, 4) is 0 Å². The first-order valence-electron chi connectivity index (χ1n) is 6.58. The smallest absolute Gasteiger partial charge is 0.223 e. The molecule has 2 aromatic rings. The number of nitrogens with zero attached hydrogens (tertiary/aromatic N) is 1. The highest BCUT2D eigenvalue weighted by atomic mass is 32.1. The third-order valence-corrected chi connectivity index (χ3v) is 3.96. The van der Waals surface area contributed by atoms with E-state index in [0.717, 1.165) is 30.7 Å². The van der Waals surface area contributed by atoms with E-state index in [0.29, 0.717) is 5.13 Å². The van der Waals surface area contributed by atoms with E-state index >= 15 is 0 Å². The molecule has 0 aliphatic heterocycles. The third-order valence-electron chi connectivity index (χ3n) is 2.93. The van der Waals surface area contributed by atoms with Crippen LogP contribution in [0.2, 0.25) is 0 Å².